The summed E-state index contributed by atoms with van der Waals surface area (Å²) >= 11 is 0. The van der Waals surface area contributed by atoms with Gasteiger partial charge in [0.05, 0.1) is 24.3 Å². The van der Waals surface area contributed by atoms with Gasteiger partial charge in [0.15, 0.2) is 6.10 Å². The number of anilines is 1. The van der Waals surface area contributed by atoms with E-state index in [-0.39, 0.29) is 17.4 Å². The van der Waals surface area contributed by atoms with Gasteiger partial charge in [-0.1, -0.05) is 35.5 Å². The highest BCUT2D eigenvalue weighted by atomic mass is 16.6. The summed E-state index contributed by atoms with van der Waals surface area (Å²) in [5, 5.41) is 4.12. The van der Waals surface area contributed by atoms with Crippen LogP contribution in [0, 0.1) is 0 Å². The van der Waals surface area contributed by atoms with E-state index in [1.165, 1.54) is 0 Å². The predicted octanol–water partition coefficient (Wildman–Crippen LogP) is 2.06. The Morgan fingerprint density at radius 1 is 1.27 bits per heavy atom. The molecule has 3 aliphatic heterocycles. The summed E-state index contributed by atoms with van der Waals surface area (Å²) in [6, 6.07) is 9.89. The van der Waals surface area contributed by atoms with Crippen LogP contribution in [-0.2, 0) is 26.4 Å². The summed E-state index contributed by atoms with van der Waals surface area (Å²) in [6.07, 6.45) is 2.96. The van der Waals surface area contributed by atoms with Crippen molar-refractivity contribution >= 4 is 17.6 Å². The highest BCUT2D eigenvalue weighted by Gasteiger charge is 2.47. The molecule has 1 amide bonds. The van der Waals surface area contributed by atoms with Gasteiger partial charge in [0, 0.05) is 45.4 Å². The van der Waals surface area contributed by atoms with Crippen LogP contribution in [0.15, 0.2) is 41.7 Å². The summed E-state index contributed by atoms with van der Waals surface area (Å²) in [6.45, 7) is 2.29. The maximum Gasteiger partial charge on any atom is 0.271 e. The van der Waals surface area contributed by atoms with Crippen molar-refractivity contribution in [2.45, 2.75) is 31.0 Å². The van der Waals surface area contributed by atoms with E-state index in [1.807, 2.05) is 60.4 Å². The topological polar surface area (TPSA) is 80.2 Å². The standard InChI is InChI=1S/C22H25N5O3/c1-26(2)21-23-11-16-12-29-14-22(19(16)24-21)8-9-27(13-22)20(28)17-10-18(30-25-17)15-6-4-3-5-7-15/h3-7,11,18H,8-10,12-14H2,1-2H3/t18-,22-/m0/s1. The van der Waals surface area contributed by atoms with Gasteiger partial charge >= 0.3 is 0 Å². The lowest BCUT2D eigenvalue weighted by Gasteiger charge is -2.34. The summed E-state index contributed by atoms with van der Waals surface area (Å²) in [5.74, 6) is 0.624. The van der Waals surface area contributed by atoms with Crippen LogP contribution in [0.1, 0.15) is 35.8 Å². The third-order valence-corrected chi connectivity index (χ3v) is 6.12. The van der Waals surface area contributed by atoms with Gasteiger partial charge in [0.25, 0.3) is 5.91 Å². The number of oxime groups is 1. The zero-order chi connectivity index (χ0) is 20.7. The van der Waals surface area contributed by atoms with Gasteiger partial charge < -0.3 is 19.4 Å². The number of carbonyl (C=O) groups excluding carboxylic acids is 1. The Hall–Kier alpha value is -3.00. The Morgan fingerprint density at radius 2 is 2.10 bits per heavy atom. The first-order chi connectivity index (χ1) is 14.6. The molecule has 1 aromatic carbocycles. The molecule has 1 spiro atoms. The number of hydrogen-bond donors (Lipinski definition) is 0. The molecule has 156 valence electrons. The second kappa shape index (κ2) is 7.36. The van der Waals surface area contributed by atoms with Gasteiger partial charge in [-0.3, -0.25) is 4.79 Å². The summed E-state index contributed by atoms with van der Waals surface area (Å²) in [7, 11) is 3.86. The van der Waals surface area contributed by atoms with Gasteiger partial charge in [-0.05, 0) is 12.0 Å². The second-order valence-corrected chi connectivity index (χ2v) is 8.43. The molecule has 2 atom stereocenters. The molecule has 3 aliphatic rings. The van der Waals surface area contributed by atoms with Crippen LogP contribution >= 0.6 is 0 Å². The molecule has 1 aromatic heterocycles. The number of fused-ring (bicyclic) bond motifs is 2. The number of ether oxygens (including phenoxy) is 1. The number of benzene rings is 1. The van der Waals surface area contributed by atoms with E-state index in [9.17, 15) is 4.79 Å². The number of rotatable bonds is 3. The van der Waals surface area contributed by atoms with Crippen LogP contribution in [0.5, 0.6) is 0 Å². The first kappa shape index (κ1) is 19.0. The molecule has 4 heterocycles. The molecule has 5 rings (SSSR count). The molecule has 0 bridgehead atoms. The van der Waals surface area contributed by atoms with E-state index < -0.39 is 0 Å². The number of likely N-dealkylation sites (tertiary alicyclic amines) is 1. The van der Waals surface area contributed by atoms with Crippen molar-refractivity contribution in [1.82, 2.24) is 14.9 Å². The SMILES string of the molecule is CN(C)c1ncc2c(n1)[C@]1(CCN(C(=O)C3=NO[C@H](c4ccccc4)C3)C1)COC2. The summed E-state index contributed by atoms with van der Waals surface area (Å²) in [4.78, 5) is 31.7. The average molecular weight is 407 g/mol. The molecule has 0 N–H and O–H groups in total. The number of aromatic nitrogens is 2. The average Bonchev–Trinajstić information content (AvgIpc) is 3.42. The van der Waals surface area contributed by atoms with Gasteiger partial charge in [-0.15, -0.1) is 0 Å². The fraction of sp³-hybridized carbons (Fsp3) is 0.455. The van der Waals surface area contributed by atoms with Crippen molar-refractivity contribution in [3.05, 3.63) is 53.3 Å². The summed E-state index contributed by atoms with van der Waals surface area (Å²) < 4.78 is 5.88. The quantitative estimate of drug-likeness (QED) is 0.775. The molecular weight excluding hydrogens is 382 g/mol. The van der Waals surface area contributed by atoms with Crippen LogP contribution < -0.4 is 4.90 Å². The zero-order valence-corrected chi connectivity index (χ0v) is 17.2. The van der Waals surface area contributed by atoms with Gasteiger partial charge in [0.1, 0.15) is 5.71 Å². The fourth-order valence-electron chi connectivity index (χ4n) is 4.49. The predicted molar refractivity (Wildman–Crippen MR) is 111 cm³/mol. The Bertz CT molecular complexity index is 994. The fourth-order valence-corrected chi connectivity index (χ4v) is 4.49. The molecule has 8 heteroatoms. The van der Waals surface area contributed by atoms with Crippen molar-refractivity contribution in [3.63, 3.8) is 0 Å². The molecule has 1 saturated heterocycles. The third kappa shape index (κ3) is 3.21. The molecule has 0 aliphatic carbocycles. The first-order valence-electron chi connectivity index (χ1n) is 10.2. The van der Waals surface area contributed by atoms with Crippen molar-refractivity contribution in [3.8, 4) is 0 Å². The Labute approximate surface area is 175 Å². The number of nitrogens with zero attached hydrogens (tertiary/aromatic N) is 5. The van der Waals surface area contributed by atoms with E-state index in [4.69, 9.17) is 14.6 Å². The van der Waals surface area contributed by atoms with E-state index in [0.29, 0.717) is 44.4 Å². The molecule has 30 heavy (non-hydrogen) atoms. The molecule has 0 radical (unpaired) electrons. The van der Waals surface area contributed by atoms with Crippen molar-refractivity contribution < 1.29 is 14.4 Å². The van der Waals surface area contributed by atoms with Crippen molar-refractivity contribution in [1.29, 1.82) is 0 Å². The van der Waals surface area contributed by atoms with Crippen LogP contribution in [0.2, 0.25) is 0 Å². The van der Waals surface area contributed by atoms with Crippen molar-refractivity contribution in [2.75, 3.05) is 38.7 Å². The number of hydrogen-bond acceptors (Lipinski definition) is 7. The highest BCUT2D eigenvalue weighted by molar-refractivity contribution is 6.39. The Balaban J connectivity index is 1.33. The van der Waals surface area contributed by atoms with E-state index in [1.54, 1.807) is 0 Å². The third-order valence-electron chi connectivity index (χ3n) is 6.12. The number of carbonyl (C=O) groups is 1. The van der Waals surface area contributed by atoms with Crippen molar-refractivity contribution in [2.24, 2.45) is 5.16 Å². The lowest BCUT2D eigenvalue weighted by Crippen LogP contribution is -2.43. The highest BCUT2D eigenvalue weighted by Crippen LogP contribution is 2.40. The molecular formula is C22H25N5O3. The van der Waals surface area contributed by atoms with Crippen LogP contribution in [0.3, 0.4) is 0 Å². The molecule has 0 saturated carbocycles. The minimum absolute atomic E-state index is 0.0562. The minimum atomic E-state index is -0.296. The number of amides is 1. The minimum Gasteiger partial charge on any atom is -0.387 e. The lowest BCUT2D eigenvalue weighted by molar-refractivity contribution is -0.123. The molecule has 8 nitrogen and oxygen atoms in total. The molecule has 1 fully saturated rings. The van der Waals surface area contributed by atoms with Gasteiger partial charge in [-0.25, -0.2) is 9.97 Å². The van der Waals surface area contributed by atoms with Crippen LogP contribution in [-0.4, -0.2) is 60.3 Å². The maximum atomic E-state index is 13.2. The molecule has 2 aromatic rings. The summed E-state index contributed by atoms with van der Waals surface area (Å²) in [5.41, 5.74) is 3.23. The molecule has 0 unspecified atom stereocenters. The van der Waals surface area contributed by atoms with E-state index in [0.717, 1.165) is 23.2 Å². The zero-order valence-electron chi connectivity index (χ0n) is 17.2. The smallest absolute Gasteiger partial charge is 0.271 e. The Kier molecular flexibility index (Phi) is 4.66. The lowest BCUT2D eigenvalue weighted by atomic mass is 9.80. The largest absolute Gasteiger partial charge is 0.387 e. The first-order valence-corrected chi connectivity index (χ1v) is 10.2. The second-order valence-electron chi connectivity index (χ2n) is 8.43. The van der Waals surface area contributed by atoms with Gasteiger partial charge in [0.2, 0.25) is 5.95 Å². The monoisotopic (exact) mass is 407 g/mol. The van der Waals surface area contributed by atoms with Crippen LogP contribution in [0.25, 0.3) is 0 Å². The van der Waals surface area contributed by atoms with Gasteiger partial charge in [-0.2, -0.15) is 0 Å². The van der Waals surface area contributed by atoms with E-state index >= 15 is 0 Å². The van der Waals surface area contributed by atoms with E-state index in [2.05, 4.69) is 10.1 Å². The van der Waals surface area contributed by atoms with Crippen LogP contribution in [0.4, 0.5) is 5.95 Å². The normalized spacial score (nSPS) is 25.1. The maximum absolute atomic E-state index is 13.2. The Morgan fingerprint density at radius 3 is 2.90 bits per heavy atom.